The van der Waals surface area contributed by atoms with E-state index in [1.807, 2.05) is 65.5 Å². The van der Waals surface area contributed by atoms with Crippen LogP contribution in [0.25, 0.3) is 22.7 Å². The van der Waals surface area contributed by atoms with E-state index in [1.54, 1.807) is 6.20 Å². The van der Waals surface area contributed by atoms with Crippen molar-refractivity contribution in [3.8, 4) is 0 Å². The number of fused-ring (bicyclic) bond motifs is 1. The average Bonchev–Trinajstić information content (AvgIpc) is 2.48. The van der Waals surface area contributed by atoms with E-state index in [9.17, 15) is 5.11 Å². The van der Waals surface area contributed by atoms with Gasteiger partial charge in [0.1, 0.15) is 0 Å². The second-order valence-corrected chi connectivity index (χ2v) is 4.40. The maximum absolute atomic E-state index is 10.1. The van der Waals surface area contributed by atoms with Gasteiger partial charge in [-0.1, -0.05) is 48.5 Å². The van der Waals surface area contributed by atoms with Crippen LogP contribution in [0.3, 0.4) is 0 Å². The highest BCUT2D eigenvalue weighted by atomic mass is 16.3. The van der Waals surface area contributed by atoms with Gasteiger partial charge in [-0.3, -0.25) is 0 Å². The van der Waals surface area contributed by atoms with E-state index < -0.39 is 0 Å². The number of rotatable bonds is 2. The highest BCUT2D eigenvalue weighted by Gasteiger charge is 2.04. The normalized spacial score (nSPS) is 11.7. The average molecular weight is 248 g/mol. The Labute approximate surface area is 111 Å². The Balaban J connectivity index is 2.01. The van der Waals surface area contributed by atoms with Crippen LogP contribution in [-0.4, -0.2) is 5.11 Å². The molecule has 0 atom stereocenters. The van der Waals surface area contributed by atoms with Crippen LogP contribution >= 0.6 is 0 Å². The molecule has 0 unspecified atom stereocenters. The molecule has 2 heteroatoms. The molecule has 0 aliphatic rings. The van der Waals surface area contributed by atoms with E-state index in [-0.39, 0.29) is 5.76 Å². The Bertz CT molecular complexity index is 732. The lowest BCUT2D eigenvalue weighted by molar-refractivity contribution is -0.566. The Hall–Kier alpha value is -2.61. The van der Waals surface area contributed by atoms with Crippen molar-refractivity contribution in [1.29, 1.82) is 0 Å². The molecule has 3 rings (SSSR count). The van der Waals surface area contributed by atoms with E-state index in [1.165, 1.54) is 5.39 Å². The molecule has 0 spiro atoms. The maximum atomic E-state index is 10.1. The zero-order chi connectivity index (χ0) is 13.1. The second-order valence-electron chi connectivity index (χ2n) is 4.40. The van der Waals surface area contributed by atoms with Gasteiger partial charge in [0, 0.05) is 17.0 Å². The molecule has 0 radical (unpaired) electrons. The van der Waals surface area contributed by atoms with Crippen LogP contribution < -0.4 is 4.57 Å². The molecule has 0 fully saturated rings. The molecule has 0 amide bonds. The zero-order valence-corrected chi connectivity index (χ0v) is 10.4. The predicted octanol–water partition coefficient (Wildman–Crippen LogP) is 3.64. The van der Waals surface area contributed by atoms with Crippen molar-refractivity contribution >= 4 is 22.7 Å². The molecule has 0 saturated heterocycles. The number of benzene rings is 2. The van der Waals surface area contributed by atoms with Crippen molar-refractivity contribution in [3.63, 3.8) is 0 Å². The van der Waals surface area contributed by atoms with Gasteiger partial charge in [0.2, 0.25) is 6.20 Å². The van der Waals surface area contributed by atoms with Crippen LogP contribution in [0.5, 0.6) is 0 Å². The lowest BCUT2D eigenvalue weighted by Crippen LogP contribution is -2.24. The van der Waals surface area contributed by atoms with Crippen molar-refractivity contribution in [2.75, 3.05) is 0 Å². The minimum atomic E-state index is 0.251. The van der Waals surface area contributed by atoms with Gasteiger partial charge >= 0.3 is 0 Å². The number of pyridine rings is 1. The first-order valence-corrected chi connectivity index (χ1v) is 6.19. The third-order valence-corrected chi connectivity index (χ3v) is 3.05. The van der Waals surface area contributed by atoms with E-state index in [2.05, 4.69) is 12.1 Å². The number of aliphatic hydroxyl groups excluding tert-OH is 1. The summed E-state index contributed by atoms with van der Waals surface area (Å²) < 4.78 is 1.87. The first-order valence-electron chi connectivity index (χ1n) is 6.19. The minimum Gasteiger partial charge on any atom is -0.502 e. The number of nitrogens with zero attached hydrogens (tertiary/aromatic N) is 1. The summed E-state index contributed by atoms with van der Waals surface area (Å²) in [5.41, 5.74) is 0.808. The second kappa shape index (κ2) is 4.94. The Kier molecular flexibility index (Phi) is 2.99. The summed E-state index contributed by atoms with van der Waals surface area (Å²) in [5.74, 6) is 0.251. The highest BCUT2D eigenvalue weighted by Crippen LogP contribution is 2.12. The SMILES string of the molecule is O/C(=C\[n+]1ccc2ccccc2c1)c1ccccc1. The first-order chi connectivity index (χ1) is 9.33. The van der Waals surface area contributed by atoms with Crippen LogP contribution in [0.15, 0.2) is 73.1 Å². The lowest BCUT2D eigenvalue weighted by Gasteiger charge is -1.98. The summed E-state index contributed by atoms with van der Waals surface area (Å²) in [6, 6.07) is 19.7. The Morgan fingerprint density at radius 1 is 0.842 bits per heavy atom. The molecule has 1 aromatic heterocycles. The van der Waals surface area contributed by atoms with Crippen molar-refractivity contribution < 1.29 is 9.67 Å². The largest absolute Gasteiger partial charge is 0.502 e. The molecule has 92 valence electrons. The third kappa shape index (κ3) is 2.47. The summed E-state index contributed by atoms with van der Waals surface area (Å²) in [4.78, 5) is 0. The maximum Gasteiger partial charge on any atom is 0.216 e. The molecule has 0 aliphatic heterocycles. The lowest BCUT2D eigenvalue weighted by atomic mass is 10.2. The van der Waals surface area contributed by atoms with Crippen LogP contribution in [0.4, 0.5) is 0 Å². The smallest absolute Gasteiger partial charge is 0.216 e. The van der Waals surface area contributed by atoms with E-state index in [0.717, 1.165) is 10.9 Å². The number of aliphatic hydroxyl groups is 1. The fourth-order valence-corrected chi connectivity index (χ4v) is 2.06. The summed E-state index contributed by atoms with van der Waals surface area (Å²) in [5, 5.41) is 12.4. The fraction of sp³-hybridized carbons (Fsp3) is 0. The van der Waals surface area contributed by atoms with Gasteiger partial charge in [-0.05, 0) is 11.5 Å². The standard InChI is InChI=1S/C17H13NO/c19-17(15-7-2-1-3-8-15)13-18-11-10-14-6-4-5-9-16(14)12-18/h1-13H/p+1/b17-13-. The van der Waals surface area contributed by atoms with Crippen LogP contribution in [0.1, 0.15) is 5.56 Å². The molecular weight excluding hydrogens is 234 g/mol. The monoisotopic (exact) mass is 248 g/mol. The number of hydrogen-bond donors (Lipinski definition) is 1. The first kappa shape index (κ1) is 11.5. The van der Waals surface area contributed by atoms with Crippen molar-refractivity contribution in [3.05, 3.63) is 78.6 Å². The molecule has 0 aliphatic carbocycles. The van der Waals surface area contributed by atoms with Crippen molar-refractivity contribution in [1.82, 2.24) is 0 Å². The zero-order valence-electron chi connectivity index (χ0n) is 10.4. The Morgan fingerprint density at radius 2 is 1.53 bits per heavy atom. The molecule has 3 aromatic rings. The quantitative estimate of drug-likeness (QED) is 0.543. The summed E-state index contributed by atoms with van der Waals surface area (Å²) in [6.07, 6.45) is 5.64. The molecule has 19 heavy (non-hydrogen) atoms. The van der Waals surface area contributed by atoms with Crippen LogP contribution in [0, 0.1) is 0 Å². The topological polar surface area (TPSA) is 24.1 Å². The summed E-state index contributed by atoms with van der Waals surface area (Å²) in [7, 11) is 0. The van der Waals surface area contributed by atoms with Crippen LogP contribution in [-0.2, 0) is 0 Å². The fourth-order valence-electron chi connectivity index (χ4n) is 2.06. The van der Waals surface area contributed by atoms with Crippen LogP contribution in [0.2, 0.25) is 0 Å². The number of hydrogen-bond acceptors (Lipinski definition) is 1. The number of aromatic nitrogens is 1. The molecule has 1 N–H and O–H groups in total. The Morgan fingerprint density at radius 3 is 2.32 bits per heavy atom. The van der Waals surface area contributed by atoms with Gasteiger partial charge in [0.15, 0.2) is 18.2 Å². The van der Waals surface area contributed by atoms with E-state index >= 15 is 0 Å². The van der Waals surface area contributed by atoms with Gasteiger partial charge in [-0.2, -0.15) is 4.57 Å². The summed E-state index contributed by atoms with van der Waals surface area (Å²) in [6.45, 7) is 0. The van der Waals surface area contributed by atoms with Gasteiger partial charge in [-0.15, -0.1) is 0 Å². The molecule has 0 saturated carbocycles. The molecule has 0 bridgehead atoms. The van der Waals surface area contributed by atoms with Gasteiger partial charge in [-0.25, -0.2) is 0 Å². The minimum absolute atomic E-state index is 0.251. The molecule has 2 nitrogen and oxygen atoms in total. The van der Waals surface area contributed by atoms with Crippen molar-refractivity contribution in [2.45, 2.75) is 0 Å². The van der Waals surface area contributed by atoms with Gasteiger partial charge in [0.25, 0.3) is 0 Å². The van der Waals surface area contributed by atoms with Crippen molar-refractivity contribution in [2.24, 2.45) is 0 Å². The predicted molar refractivity (Wildman–Crippen MR) is 77.4 cm³/mol. The molecular formula is C17H14NO+. The molecule has 2 aromatic carbocycles. The van der Waals surface area contributed by atoms with E-state index in [4.69, 9.17) is 0 Å². The van der Waals surface area contributed by atoms with Gasteiger partial charge in [0.05, 0.1) is 0 Å². The van der Waals surface area contributed by atoms with Gasteiger partial charge < -0.3 is 5.11 Å². The summed E-state index contributed by atoms with van der Waals surface area (Å²) >= 11 is 0. The van der Waals surface area contributed by atoms with E-state index in [0.29, 0.717) is 0 Å². The molecule has 1 heterocycles. The third-order valence-electron chi connectivity index (χ3n) is 3.05. The highest BCUT2D eigenvalue weighted by molar-refractivity contribution is 5.80.